The van der Waals surface area contributed by atoms with Crippen LogP contribution >= 0.6 is 0 Å². The summed E-state index contributed by atoms with van der Waals surface area (Å²) >= 11 is 0. The maximum Gasteiger partial charge on any atom is 0.193 e. The second-order valence-electron chi connectivity index (χ2n) is 4.02. The van der Waals surface area contributed by atoms with Crippen LogP contribution in [0.4, 0.5) is 5.69 Å². The van der Waals surface area contributed by atoms with E-state index in [4.69, 9.17) is 5.73 Å². The first-order chi connectivity index (χ1) is 6.30. The zero-order valence-corrected chi connectivity index (χ0v) is 8.66. The lowest BCUT2D eigenvalue weighted by atomic mass is 9.95. The molecule has 1 aromatic rings. The summed E-state index contributed by atoms with van der Waals surface area (Å²) in [7, 11) is 0. The fourth-order valence-electron chi connectivity index (χ4n) is 1.30. The molecule has 0 aliphatic rings. The molecule has 0 aromatic heterocycles. The first-order valence-corrected chi connectivity index (χ1v) is 4.45. The number of hydrogen-bond donors (Lipinski definition) is 2. The van der Waals surface area contributed by atoms with E-state index in [1.54, 1.807) is 18.2 Å². The van der Waals surface area contributed by atoms with Gasteiger partial charge in [-0.05, 0) is 44.5 Å². The zero-order valence-electron chi connectivity index (χ0n) is 8.66. The van der Waals surface area contributed by atoms with Gasteiger partial charge in [0.15, 0.2) is 5.78 Å². The molecule has 0 bridgehead atoms. The van der Waals surface area contributed by atoms with Crippen molar-refractivity contribution in [2.45, 2.75) is 26.4 Å². The quantitative estimate of drug-likeness (QED) is 0.553. The van der Waals surface area contributed by atoms with E-state index in [2.05, 4.69) is 0 Å². The van der Waals surface area contributed by atoms with Crippen molar-refractivity contribution in [1.29, 1.82) is 0 Å². The number of anilines is 1. The highest BCUT2D eigenvalue weighted by Gasteiger charge is 2.25. The molecular weight excluding hydrogens is 178 g/mol. The lowest BCUT2D eigenvalue weighted by molar-refractivity contribution is 0.0488. The molecule has 0 unspecified atom stereocenters. The summed E-state index contributed by atoms with van der Waals surface area (Å²) in [5, 5.41) is 9.53. The number of aryl methyl sites for hydroxylation is 1. The average molecular weight is 193 g/mol. The van der Waals surface area contributed by atoms with Gasteiger partial charge < -0.3 is 10.8 Å². The molecule has 3 nitrogen and oxygen atoms in total. The van der Waals surface area contributed by atoms with E-state index in [0.717, 1.165) is 5.56 Å². The first-order valence-electron chi connectivity index (χ1n) is 4.45. The Bertz CT molecular complexity index is 344. The van der Waals surface area contributed by atoms with Crippen LogP contribution < -0.4 is 5.73 Å². The standard InChI is InChI=1S/C11H15NO2/c1-7-4-8(6-9(12)5-7)10(13)11(2,3)14/h4-6,14H,12H2,1-3H3. The van der Waals surface area contributed by atoms with Crippen molar-refractivity contribution in [3.8, 4) is 0 Å². The lowest BCUT2D eigenvalue weighted by Crippen LogP contribution is -2.31. The van der Waals surface area contributed by atoms with Gasteiger partial charge in [0, 0.05) is 11.3 Å². The molecule has 3 heteroatoms. The van der Waals surface area contributed by atoms with Gasteiger partial charge >= 0.3 is 0 Å². The van der Waals surface area contributed by atoms with Crippen LogP contribution in [0.3, 0.4) is 0 Å². The maximum absolute atomic E-state index is 11.7. The monoisotopic (exact) mass is 193 g/mol. The van der Waals surface area contributed by atoms with Gasteiger partial charge in [0.25, 0.3) is 0 Å². The molecule has 3 N–H and O–H groups in total. The number of rotatable bonds is 2. The van der Waals surface area contributed by atoms with Crippen molar-refractivity contribution in [3.05, 3.63) is 29.3 Å². The fraction of sp³-hybridized carbons (Fsp3) is 0.364. The van der Waals surface area contributed by atoms with Gasteiger partial charge in [0.1, 0.15) is 5.60 Å². The minimum absolute atomic E-state index is 0.312. The average Bonchev–Trinajstić information content (AvgIpc) is 1.99. The van der Waals surface area contributed by atoms with Crippen LogP contribution in [0.2, 0.25) is 0 Å². The van der Waals surface area contributed by atoms with Crippen molar-refractivity contribution in [2.24, 2.45) is 0 Å². The zero-order chi connectivity index (χ0) is 10.9. The molecular formula is C11H15NO2. The third-order valence-electron chi connectivity index (χ3n) is 1.92. The van der Waals surface area contributed by atoms with Crippen LogP contribution in [0.1, 0.15) is 29.8 Å². The summed E-state index contributed by atoms with van der Waals surface area (Å²) in [6, 6.07) is 5.07. The molecule has 1 aromatic carbocycles. The SMILES string of the molecule is Cc1cc(N)cc(C(=O)C(C)(C)O)c1. The second-order valence-corrected chi connectivity index (χ2v) is 4.02. The number of hydrogen-bond acceptors (Lipinski definition) is 3. The van der Waals surface area contributed by atoms with Crippen LogP contribution in [-0.4, -0.2) is 16.5 Å². The minimum Gasteiger partial charge on any atom is -0.399 e. The van der Waals surface area contributed by atoms with Crippen molar-refractivity contribution in [1.82, 2.24) is 0 Å². The molecule has 76 valence electrons. The molecule has 0 amide bonds. The molecule has 0 radical (unpaired) electrons. The summed E-state index contributed by atoms with van der Waals surface area (Å²) in [6.07, 6.45) is 0. The largest absolute Gasteiger partial charge is 0.399 e. The maximum atomic E-state index is 11.7. The number of aliphatic hydroxyl groups is 1. The van der Waals surface area contributed by atoms with Crippen molar-refractivity contribution < 1.29 is 9.90 Å². The summed E-state index contributed by atoms with van der Waals surface area (Å²) in [5.41, 5.74) is 6.17. The number of carbonyl (C=O) groups excluding carboxylic acids is 1. The van der Waals surface area contributed by atoms with Gasteiger partial charge in [-0.15, -0.1) is 0 Å². The Morgan fingerprint density at radius 3 is 2.36 bits per heavy atom. The number of ketones is 1. The van der Waals surface area contributed by atoms with Crippen molar-refractivity contribution in [3.63, 3.8) is 0 Å². The summed E-state index contributed by atoms with van der Waals surface area (Å²) < 4.78 is 0. The second kappa shape index (κ2) is 3.42. The van der Waals surface area contributed by atoms with Crippen molar-refractivity contribution in [2.75, 3.05) is 5.73 Å². The number of nitrogen functional groups attached to an aromatic ring is 1. The summed E-state index contributed by atoms with van der Waals surface area (Å²) in [6.45, 7) is 4.79. The molecule has 0 spiro atoms. The summed E-state index contributed by atoms with van der Waals surface area (Å²) in [4.78, 5) is 11.7. The molecule has 0 aliphatic heterocycles. The van der Waals surface area contributed by atoms with Crippen LogP contribution in [0, 0.1) is 6.92 Å². The molecule has 0 saturated carbocycles. The van der Waals surface area contributed by atoms with Crippen LogP contribution in [0.15, 0.2) is 18.2 Å². The van der Waals surface area contributed by atoms with E-state index in [9.17, 15) is 9.90 Å². The normalized spacial score (nSPS) is 11.4. The number of benzene rings is 1. The molecule has 0 atom stereocenters. The number of nitrogens with two attached hydrogens (primary N) is 1. The molecule has 1 rings (SSSR count). The fourth-order valence-corrected chi connectivity index (χ4v) is 1.30. The smallest absolute Gasteiger partial charge is 0.193 e. The number of Topliss-reactive ketones (excluding diaryl/α,β-unsaturated/α-hetero) is 1. The molecule has 14 heavy (non-hydrogen) atoms. The first kappa shape index (κ1) is 10.7. The van der Waals surface area contributed by atoms with E-state index >= 15 is 0 Å². The van der Waals surface area contributed by atoms with E-state index in [1.807, 2.05) is 6.92 Å². The van der Waals surface area contributed by atoms with Gasteiger partial charge in [0.05, 0.1) is 0 Å². The van der Waals surface area contributed by atoms with Crippen LogP contribution in [0.25, 0.3) is 0 Å². The molecule has 0 aliphatic carbocycles. The predicted octanol–water partition coefficient (Wildman–Crippen LogP) is 1.53. The van der Waals surface area contributed by atoms with Gasteiger partial charge in [-0.2, -0.15) is 0 Å². The Labute approximate surface area is 83.6 Å². The third-order valence-corrected chi connectivity index (χ3v) is 1.92. The van der Waals surface area contributed by atoms with E-state index in [1.165, 1.54) is 13.8 Å². The van der Waals surface area contributed by atoms with Crippen molar-refractivity contribution >= 4 is 11.5 Å². The van der Waals surface area contributed by atoms with Crippen LogP contribution in [-0.2, 0) is 0 Å². The topological polar surface area (TPSA) is 63.3 Å². The minimum atomic E-state index is -1.35. The highest BCUT2D eigenvalue weighted by Crippen LogP contribution is 2.17. The molecule has 0 saturated heterocycles. The van der Waals surface area contributed by atoms with E-state index < -0.39 is 5.60 Å². The Balaban J connectivity index is 3.14. The van der Waals surface area contributed by atoms with Gasteiger partial charge in [-0.3, -0.25) is 4.79 Å². The van der Waals surface area contributed by atoms with Gasteiger partial charge in [0.2, 0.25) is 0 Å². The van der Waals surface area contributed by atoms with E-state index in [0.29, 0.717) is 11.3 Å². The summed E-state index contributed by atoms with van der Waals surface area (Å²) in [5.74, 6) is -0.312. The third kappa shape index (κ3) is 2.33. The Kier molecular flexibility index (Phi) is 2.62. The van der Waals surface area contributed by atoms with Crippen LogP contribution in [0.5, 0.6) is 0 Å². The number of carbonyl (C=O) groups is 1. The predicted molar refractivity (Wildman–Crippen MR) is 56.2 cm³/mol. The molecule has 0 heterocycles. The lowest BCUT2D eigenvalue weighted by Gasteiger charge is -2.16. The highest BCUT2D eigenvalue weighted by atomic mass is 16.3. The van der Waals surface area contributed by atoms with Gasteiger partial charge in [-0.25, -0.2) is 0 Å². The Morgan fingerprint density at radius 1 is 1.36 bits per heavy atom. The Morgan fingerprint density at radius 2 is 1.93 bits per heavy atom. The molecule has 0 fully saturated rings. The van der Waals surface area contributed by atoms with E-state index in [-0.39, 0.29) is 5.78 Å². The highest BCUT2D eigenvalue weighted by molar-refractivity contribution is 6.02. The Hall–Kier alpha value is -1.35. The van der Waals surface area contributed by atoms with Gasteiger partial charge in [-0.1, -0.05) is 0 Å².